The van der Waals surface area contributed by atoms with Gasteiger partial charge in [0.05, 0.1) is 6.04 Å². The minimum atomic E-state index is -2.25. The van der Waals surface area contributed by atoms with Crippen molar-refractivity contribution in [3.8, 4) is 0 Å². The molecule has 0 unspecified atom stereocenters. The third-order valence-electron chi connectivity index (χ3n) is 6.91. The van der Waals surface area contributed by atoms with Gasteiger partial charge in [0.2, 0.25) is 11.8 Å². The van der Waals surface area contributed by atoms with E-state index in [1.807, 2.05) is 0 Å². The second-order valence-corrected chi connectivity index (χ2v) is 9.95. The maximum Gasteiger partial charge on any atom is 0.336 e. The van der Waals surface area contributed by atoms with Gasteiger partial charge in [-0.15, -0.1) is 0 Å². The Balaban J connectivity index is 1.80. The highest BCUT2D eigenvalue weighted by molar-refractivity contribution is 6.23. The Morgan fingerprint density at radius 2 is 1.73 bits per heavy atom. The highest BCUT2D eigenvalue weighted by atomic mass is 16.4. The number of carbonyl (C=O) groups is 5. The number of ketones is 1. The van der Waals surface area contributed by atoms with E-state index >= 15 is 0 Å². The number of piperidine rings is 1. The lowest BCUT2D eigenvalue weighted by Gasteiger charge is -2.44. The first-order valence-electron chi connectivity index (χ1n) is 12.8. The van der Waals surface area contributed by atoms with Crippen LogP contribution in [-0.2, 0) is 30.4 Å². The first kappa shape index (κ1) is 28.4. The Kier molecular flexibility index (Phi) is 7.96. The number of amides is 4. The molecule has 2 heterocycles. The van der Waals surface area contributed by atoms with Crippen LogP contribution in [0.25, 0.3) is 11.0 Å². The third kappa shape index (κ3) is 5.41. The van der Waals surface area contributed by atoms with E-state index in [0.717, 1.165) is 0 Å². The van der Waals surface area contributed by atoms with E-state index in [0.29, 0.717) is 21.4 Å². The molecule has 208 valence electrons. The molecule has 40 heavy (non-hydrogen) atoms. The Morgan fingerprint density at radius 1 is 1.02 bits per heavy atom. The van der Waals surface area contributed by atoms with Crippen LogP contribution in [0.5, 0.6) is 0 Å². The van der Waals surface area contributed by atoms with E-state index in [2.05, 4.69) is 10.6 Å². The van der Waals surface area contributed by atoms with Gasteiger partial charge in [-0.1, -0.05) is 30.3 Å². The predicted molar refractivity (Wildman–Crippen MR) is 146 cm³/mol. The van der Waals surface area contributed by atoms with E-state index in [1.165, 1.54) is 26.0 Å². The number of aryl methyl sites for hydroxylation is 1. The molecule has 0 bridgehead atoms. The highest BCUT2D eigenvalue weighted by Crippen LogP contribution is 2.33. The van der Waals surface area contributed by atoms with Crippen molar-refractivity contribution in [2.24, 2.45) is 5.73 Å². The van der Waals surface area contributed by atoms with Gasteiger partial charge in [-0.3, -0.25) is 28.9 Å². The van der Waals surface area contributed by atoms with Gasteiger partial charge < -0.3 is 20.8 Å². The molecule has 1 saturated heterocycles. The SMILES string of the molecule is Cc1cc(=O)oc2cc(NC(=O)[C@@]3(Cc4ccccc4)C(=O)CCC(=O)N3C(=O)[C@H](C)NC(=O)[C@H](C)N)ccc12. The van der Waals surface area contributed by atoms with Crippen LogP contribution < -0.4 is 22.0 Å². The summed E-state index contributed by atoms with van der Waals surface area (Å²) >= 11 is 0. The number of rotatable bonds is 7. The number of hydrogen-bond acceptors (Lipinski definition) is 8. The molecule has 2 aromatic carbocycles. The van der Waals surface area contributed by atoms with Gasteiger partial charge in [0.25, 0.3) is 11.8 Å². The lowest BCUT2D eigenvalue weighted by atomic mass is 9.78. The normalized spacial score (nSPS) is 18.8. The van der Waals surface area contributed by atoms with E-state index in [1.54, 1.807) is 49.4 Å². The van der Waals surface area contributed by atoms with Crippen LogP contribution in [0.15, 0.2) is 63.8 Å². The molecule has 0 spiro atoms. The zero-order chi connectivity index (χ0) is 29.2. The fourth-order valence-corrected chi connectivity index (χ4v) is 4.80. The molecule has 3 atom stereocenters. The molecule has 11 heteroatoms. The van der Waals surface area contributed by atoms with Crippen LogP contribution in [0.3, 0.4) is 0 Å². The summed E-state index contributed by atoms with van der Waals surface area (Å²) in [6.45, 7) is 4.53. The van der Waals surface area contributed by atoms with Gasteiger partial charge in [0.15, 0.2) is 11.3 Å². The van der Waals surface area contributed by atoms with Crippen molar-refractivity contribution in [2.45, 2.75) is 57.7 Å². The van der Waals surface area contributed by atoms with Gasteiger partial charge in [0.1, 0.15) is 11.6 Å². The predicted octanol–water partition coefficient (Wildman–Crippen LogP) is 1.59. The van der Waals surface area contributed by atoms with Gasteiger partial charge in [-0.25, -0.2) is 4.79 Å². The molecule has 4 N–H and O–H groups in total. The number of imide groups is 1. The van der Waals surface area contributed by atoms with Gasteiger partial charge >= 0.3 is 5.63 Å². The molecule has 3 aromatic rings. The number of nitrogens with one attached hydrogen (secondary N) is 2. The minimum Gasteiger partial charge on any atom is -0.423 e. The quantitative estimate of drug-likeness (QED) is 0.296. The first-order chi connectivity index (χ1) is 18.9. The summed E-state index contributed by atoms with van der Waals surface area (Å²) in [4.78, 5) is 79.6. The molecule has 1 fully saturated rings. The molecular formula is C29H30N4O7. The highest BCUT2D eigenvalue weighted by Gasteiger charge is 2.58. The van der Waals surface area contributed by atoms with Crippen LogP contribution in [0, 0.1) is 6.92 Å². The number of nitrogens with zero attached hydrogens (tertiary/aromatic N) is 1. The summed E-state index contributed by atoms with van der Waals surface area (Å²) in [5.74, 6) is -3.82. The van der Waals surface area contributed by atoms with E-state index in [-0.39, 0.29) is 30.5 Å². The topological polar surface area (TPSA) is 169 Å². The Morgan fingerprint density at radius 3 is 2.40 bits per heavy atom. The lowest BCUT2D eigenvalue weighted by Crippen LogP contribution is -2.71. The Hall–Kier alpha value is -4.64. The summed E-state index contributed by atoms with van der Waals surface area (Å²) in [5, 5.41) is 5.75. The van der Waals surface area contributed by atoms with Crippen LogP contribution in [0.4, 0.5) is 5.69 Å². The molecule has 4 amide bonds. The largest absolute Gasteiger partial charge is 0.423 e. The van der Waals surface area contributed by atoms with Crippen molar-refractivity contribution in [2.75, 3.05) is 5.32 Å². The minimum absolute atomic E-state index is 0.190. The Labute approximate surface area is 229 Å². The maximum absolute atomic E-state index is 14.1. The molecule has 1 aliphatic heterocycles. The molecule has 11 nitrogen and oxygen atoms in total. The van der Waals surface area contributed by atoms with Crippen molar-refractivity contribution >= 4 is 46.1 Å². The van der Waals surface area contributed by atoms with Crippen molar-refractivity contribution in [1.29, 1.82) is 0 Å². The second kappa shape index (κ2) is 11.2. The van der Waals surface area contributed by atoms with Crippen LogP contribution in [-0.4, -0.2) is 51.9 Å². The van der Waals surface area contributed by atoms with Crippen LogP contribution in [0.2, 0.25) is 0 Å². The fourth-order valence-electron chi connectivity index (χ4n) is 4.80. The molecule has 0 saturated carbocycles. The summed E-state index contributed by atoms with van der Waals surface area (Å²) in [7, 11) is 0. The van der Waals surface area contributed by atoms with Crippen LogP contribution >= 0.6 is 0 Å². The zero-order valence-electron chi connectivity index (χ0n) is 22.4. The summed E-state index contributed by atoms with van der Waals surface area (Å²) in [6.07, 6.45) is -0.816. The number of fused-ring (bicyclic) bond motifs is 1. The lowest BCUT2D eigenvalue weighted by molar-refractivity contribution is -0.167. The molecular weight excluding hydrogens is 516 g/mol. The van der Waals surface area contributed by atoms with Crippen molar-refractivity contribution in [1.82, 2.24) is 10.2 Å². The summed E-state index contributed by atoms with van der Waals surface area (Å²) < 4.78 is 5.27. The van der Waals surface area contributed by atoms with E-state index < -0.39 is 52.7 Å². The van der Waals surface area contributed by atoms with Crippen molar-refractivity contribution in [3.05, 3.63) is 76.1 Å². The number of anilines is 1. The number of benzene rings is 2. The fraction of sp³-hybridized carbons (Fsp3) is 0.310. The number of likely N-dealkylation sites (tertiary alicyclic amines) is 1. The third-order valence-corrected chi connectivity index (χ3v) is 6.91. The number of carbonyl (C=O) groups excluding carboxylic acids is 5. The molecule has 0 radical (unpaired) electrons. The maximum atomic E-state index is 14.1. The number of nitrogens with two attached hydrogens (primary N) is 1. The van der Waals surface area contributed by atoms with Crippen LogP contribution in [0.1, 0.15) is 37.8 Å². The standard InChI is InChI=1S/C29H30N4O7/c1-16-13-25(36)40-22-14-20(9-10-21(16)22)32-28(39)29(15-19-7-5-4-6-8-19)23(34)11-12-24(35)33(29)27(38)18(3)31-26(37)17(2)30/h4-10,13-14,17-18H,11-12,15,30H2,1-3H3,(H,31,37)(H,32,39)/t17-,18-,29+/m0/s1. The number of Topliss-reactive ketones (excluding diaryl/α,β-unsaturated/α-hetero) is 1. The van der Waals surface area contributed by atoms with E-state index in [4.69, 9.17) is 10.2 Å². The molecule has 1 aromatic heterocycles. The monoisotopic (exact) mass is 546 g/mol. The zero-order valence-corrected chi connectivity index (χ0v) is 22.4. The molecule has 1 aliphatic rings. The van der Waals surface area contributed by atoms with Gasteiger partial charge in [-0.2, -0.15) is 0 Å². The van der Waals surface area contributed by atoms with Crippen molar-refractivity contribution in [3.63, 3.8) is 0 Å². The van der Waals surface area contributed by atoms with Gasteiger partial charge in [-0.05, 0) is 44.0 Å². The average molecular weight is 547 g/mol. The average Bonchev–Trinajstić information content (AvgIpc) is 2.90. The smallest absolute Gasteiger partial charge is 0.336 e. The van der Waals surface area contributed by atoms with Gasteiger partial charge in [0, 0.05) is 42.5 Å². The summed E-state index contributed by atoms with van der Waals surface area (Å²) in [6, 6.07) is 12.3. The van der Waals surface area contributed by atoms with E-state index in [9.17, 15) is 28.8 Å². The van der Waals surface area contributed by atoms with Crippen molar-refractivity contribution < 1.29 is 28.4 Å². The first-order valence-corrected chi connectivity index (χ1v) is 12.8. The molecule has 4 rings (SSSR count). The second-order valence-electron chi connectivity index (χ2n) is 9.95. The Bertz CT molecular complexity index is 1560. The summed E-state index contributed by atoms with van der Waals surface area (Å²) in [5.41, 5.74) is 4.41. The number of hydrogen-bond donors (Lipinski definition) is 3. The molecule has 0 aliphatic carbocycles.